The van der Waals surface area contributed by atoms with Crippen molar-refractivity contribution in [3.8, 4) is 16.8 Å². The first-order chi connectivity index (χ1) is 22.2. The standard InChI is InChI=1S/C41H27BN2O/c1-24-11-2-7-18-32(24)43-33-22-21-30-28-15-6-9-20-36(28)45-41(30)38(33)37-26-13-4-3-12-25(26)23-35-39(37)42-31-17-10-16-29-27-14-5-8-19-34(27)44(35)40(29)31/h2-23,42-43H,1H3. The third-order valence-electron chi connectivity index (χ3n) is 9.73. The molecule has 0 saturated carbocycles. The Morgan fingerprint density at radius 1 is 0.600 bits per heavy atom. The second-order valence-corrected chi connectivity index (χ2v) is 12.2. The van der Waals surface area contributed by atoms with Gasteiger partial charge in [-0.2, -0.15) is 0 Å². The number of benzene rings is 7. The van der Waals surface area contributed by atoms with Crippen molar-refractivity contribution in [3.05, 3.63) is 139 Å². The van der Waals surface area contributed by atoms with Gasteiger partial charge in [-0.05, 0) is 70.7 Å². The van der Waals surface area contributed by atoms with E-state index in [1.54, 1.807) is 0 Å². The summed E-state index contributed by atoms with van der Waals surface area (Å²) in [7, 11) is 0.837. The number of aryl methyl sites for hydroxylation is 1. The molecule has 0 saturated heterocycles. The van der Waals surface area contributed by atoms with Crippen LogP contribution in [0.25, 0.3) is 71.3 Å². The lowest BCUT2D eigenvalue weighted by atomic mass is 9.58. The monoisotopic (exact) mass is 574 g/mol. The van der Waals surface area contributed by atoms with E-state index in [9.17, 15) is 0 Å². The van der Waals surface area contributed by atoms with Gasteiger partial charge < -0.3 is 14.3 Å². The number of furan rings is 1. The highest BCUT2D eigenvalue weighted by Crippen LogP contribution is 2.45. The molecule has 2 aromatic heterocycles. The minimum atomic E-state index is 0.837. The van der Waals surface area contributed by atoms with Gasteiger partial charge in [-0.15, -0.1) is 0 Å². The Morgan fingerprint density at radius 2 is 1.36 bits per heavy atom. The summed E-state index contributed by atoms with van der Waals surface area (Å²) < 4.78 is 9.32. The number of nitrogens with one attached hydrogen (secondary N) is 1. The van der Waals surface area contributed by atoms with E-state index in [1.165, 1.54) is 60.3 Å². The van der Waals surface area contributed by atoms with Crippen LogP contribution in [-0.2, 0) is 0 Å². The van der Waals surface area contributed by atoms with Crippen LogP contribution < -0.4 is 16.2 Å². The Labute approximate surface area is 260 Å². The molecule has 3 nitrogen and oxygen atoms in total. The molecule has 1 aliphatic heterocycles. The molecule has 210 valence electrons. The summed E-state index contributed by atoms with van der Waals surface area (Å²) in [5, 5.41) is 11.1. The molecule has 9 aromatic rings. The lowest BCUT2D eigenvalue weighted by Crippen LogP contribution is -2.37. The van der Waals surface area contributed by atoms with Gasteiger partial charge in [0.1, 0.15) is 11.2 Å². The largest absolute Gasteiger partial charge is 0.455 e. The molecular weight excluding hydrogens is 547 g/mol. The summed E-state index contributed by atoms with van der Waals surface area (Å²) in [5.41, 5.74) is 13.9. The quantitative estimate of drug-likeness (QED) is 0.213. The van der Waals surface area contributed by atoms with Gasteiger partial charge in [-0.3, -0.25) is 0 Å². The average Bonchev–Trinajstić information content (AvgIpc) is 3.63. The summed E-state index contributed by atoms with van der Waals surface area (Å²) in [6.45, 7) is 2.15. The smallest absolute Gasteiger partial charge is 0.198 e. The van der Waals surface area contributed by atoms with Crippen molar-refractivity contribution in [2.45, 2.75) is 6.92 Å². The van der Waals surface area contributed by atoms with Crippen LogP contribution in [0.3, 0.4) is 0 Å². The van der Waals surface area contributed by atoms with Crippen molar-refractivity contribution in [2.24, 2.45) is 0 Å². The topological polar surface area (TPSA) is 30.1 Å². The molecule has 45 heavy (non-hydrogen) atoms. The number of hydrogen-bond acceptors (Lipinski definition) is 2. The first kappa shape index (κ1) is 24.7. The Bertz CT molecular complexity index is 2680. The zero-order chi connectivity index (χ0) is 29.6. The van der Waals surface area contributed by atoms with E-state index in [2.05, 4.69) is 150 Å². The number of fused-ring (bicyclic) bond motifs is 9. The van der Waals surface area contributed by atoms with Crippen LogP contribution in [0.15, 0.2) is 138 Å². The molecular formula is C41H27BN2O. The highest BCUT2D eigenvalue weighted by molar-refractivity contribution is 6.74. The number of nitrogens with zero attached hydrogens (tertiary/aromatic N) is 1. The third kappa shape index (κ3) is 3.42. The number of rotatable bonds is 3. The van der Waals surface area contributed by atoms with Gasteiger partial charge in [0.15, 0.2) is 7.28 Å². The summed E-state index contributed by atoms with van der Waals surface area (Å²) in [4.78, 5) is 0. The van der Waals surface area contributed by atoms with Gasteiger partial charge in [-0.1, -0.05) is 103 Å². The summed E-state index contributed by atoms with van der Waals surface area (Å²) in [6.07, 6.45) is 0. The number of anilines is 2. The van der Waals surface area contributed by atoms with Gasteiger partial charge in [0.05, 0.1) is 11.2 Å². The molecule has 0 aliphatic carbocycles. The highest BCUT2D eigenvalue weighted by atomic mass is 16.3. The Kier molecular flexibility index (Phi) is 5.01. The zero-order valence-corrected chi connectivity index (χ0v) is 24.8. The lowest BCUT2D eigenvalue weighted by Gasteiger charge is -2.26. The maximum Gasteiger partial charge on any atom is 0.198 e. The van der Waals surface area contributed by atoms with E-state index < -0.39 is 0 Å². The second kappa shape index (κ2) is 9.14. The first-order valence-corrected chi connectivity index (χ1v) is 15.6. The summed E-state index contributed by atoms with van der Waals surface area (Å²) in [5.74, 6) is 0. The van der Waals surface area contributed by atoms with Gasteiger partial charge in [0.25, 0.3) is 0 Å². The van der Waals surface area contributed by atoms with E-state index >= 15 is 0 Å². The van der Waals surface area contributed by atoms with E-state index in [-0.39, 0.29) is 0 Å². The van der Waals surface area contributed by atoms with Gasteiger partial charge in [-0.25, -0.2) is 0 Å². The molecule has 7 aromatic carbocycles. The number of hydrogen-bond donors (Lipinski definition) is 1. The van der Waals surface area contributed by atoms with Crippen LogP contribution in [0.5, 0.6) is 0 Å². The van der Waals surface area contributed by atoms with Crippen molar-refractivity contribution < 1.29 is 4.42 Å². The molecule has 3 heterocycles. The highest BCUT2D eigenvalue weighted by Gasteiger charge is 2.29. The zero-order valence-electron chi connectivity index (χ0n) is 24.8. The maximum absolute atomic E-state index is 6.82. The van der Waals surface area contributed by atoms with Crippen LogP contribution in [0.1, 0.15) is 5.56 Å². The van der Waals surface area contributed by atoms with Crippen molar-refractivity contribution in [1.82, 2.24) is 4.57 Å². The summed E-state index contributed by atoms with van der Waals surface area (Å²) in [6, 6.07) is 48.1. The fraction of sp³-hybridized carbons (Fsp3) is 0.0244. The van der Waals surface area contributed by atoms with Crippen molar-refractivity contribution in [3.63, 3.8) is 0 Å². The summed E-state index contributed by atoms with van der Waals surface area (Å²) >= 11 is 0. The molecule has 1 aliphatic rings. The van der Waals surface area contributed by atoms with Crippen molar-refractivity contribution in [1.29, 1.82) is 0 Å². The van der Waals surface area contributed by atoms with Gasteiger partial charge in [0, 0.05) is 44.0 Å². The average molecular weight is 574 g/mol. The SMILES string of the molecule is Cc1ccccc1Nc1ccc2c(oc3ccccc32)c1-c1c2c(cc3ccccc13)-n1c3ccccc3c3cccc(c31)B2. The van der Waals surface area contributed by atoms with Crippen molar-refractivity contribution >= 4 is 84.1 Å². The van der Waals surface area contributed by atoms with E-state index in [0.717, 1.165) is 46.2 Å². The van der Waals surface area contributed by atoms with Crippen LogP contribution in [0, 0.1) is 6.92 Å². The van der Waals surface area contributed by atoms with Crippen LogP contribution in [-0.4, -0.2) is 11.8 Å². The molecule has 0 fully saturated rings. The molecule has 4 heteroatoms. The predicted octanol–water partition coefficient (Wildman–Crippen LogP) is 9.26. The van der Waals surface area contributed by atoms with Crippen molar-refractivity contribution in [2.75, 3.05) is 5.32 Å². The Balaban J connectivity index is 1.38. The van der Waals surface area contributed by atoms with Crippen LogP contribution >= 0.6 is 0 Å². The minimum Gasteiger partial charge on any atom is -0.455 e. The van der Waals surface area contributed by atoms with E-state index in [0.29, 0.717) is 0 Å². The van der Waals surface area contributed by atoms with Crippen LogP contribution in [0.4, 0.5) is 11.4 Å². The van der Waals surface area contributed by atoms with Gasteiger partial charge in [0.2, 0.25) is 0 Å². The molecule has 0 atom stereocenters. The van der Waals surface area contributed by atoms with E-state index in [1.807, 2.05) is 0 Å². The van der Waals surface area contributed by atoms with E-state index in [4.69, 9.17) is 4.42 Å². The lowest BCUT2D eigenvalue weighted by molar-refractivity contribution is 0.670. The molecule has 0 spiro atoms. The second-order valence-electron chi connectivity index (χ2n) is 12.2. The Morgan fingerprint density at radius 3 is 2.27 bits per heavy atom. The minimum absolute atomic E-state index is 0.837. The molecule has 0 amide bonds. The van der Waals surface area contributed by atoms with Crippen LogP contribution in [0.2, 0.25) is 0 Å². The normalized spacial score (nSPS) is 12.3. The predicted molar refractivity (Wildman–Crippen MR) is 192 cm³/mol. The number of para-hydroxylation sites is 4. The molecule has 0 unspecified atom stereocenters. The molecule has 1 N–H and O–H groups in total. The Hall–Kier alpha value is -5.74. The first-order valence-electron chi connectivity index (χ1n) is 15.6. The van der Waals surface area contributed by atoms with Gasteiger partial charge >= 0.3 is 0 Å². The number of aromatic nitrogens is 1. The molecule has 10 rings (SSSR count). The third-order valence-corrected chi connectivity index (χ3v) is 9.73. The molecule has 0 radical (unpaired) electrons. The maximum atomic E-state index is 6.82. The molecule has 0 bridgehead atoms. The fourth-order valence-electron chi connectivity index (χ4n) is 7.71. The fourth-order valence-corrected chi connectivity index (χ4v) is 7.71.